The van der Waals surface area contributed by atoms with Crippen molar-refractivity contribution in [3.8, 4) is 0 Å². The average Bonchev–Trinajstić information content (AvgIpc) is 2.67. The summed E-state index contributed by atoms with van der Waals surface area (Å²) in [5.41, 5.74) is 2.62. The number of pyridine rings is 1. The second kappa shape index (κ2) is 8.40. The quantitative estimate of drug-likeness (QED) is 0.668. The van der Waals surface area contributed by atoms with Crippen molar-refractivity contribution in [2.45, 2.75) is 6.54 Å². The molecule has 6 heteroatoms. The minimum Gasteiger partial charge on any atom is -0.348 e. The van der Waals surface area contributed by atoms with E-state index in [1.807, 2.05) is 36.4 Å². The number of anilines is 1. The topological polar surface area (TPSA) is 71.1 Å². The van der Waals surface area contributed by atoms with E-state index in [0.29, 0.717) is 23.4 Å². The molecule has 5 nitrogen and oxygen atoms in total. The number of hydrogen-bond donors (Lipinski definition) is 2. The first-order valence-electron chi connectivity index (χ1n) is 7.96. The van der Waals surface area contributed by atoms with E-state index >= 15 is 0 Å². The second-order valence-corrected chi connectivity index (χ2v) is 6.50. The minimum absolute atomic E-state index is 0.192. The Morgan fingerprint density at radius 3 is 2.50 bits per heavy atom. The number of benzene rings is 2. The molecule has 1 heterocycles. The van der Waals surface area contributed by atoms with Gasteiger partial charge in [-0.3, -0.25) is 14.6 Å². The van der Waals surface area contributed by atoms with E-state index in [0.717, 1.165) is 10.0 Å². The zero-order chi connectivity index (χ0) is 18.4. The lowest BCUT2D eigenvalue weighted by Crippen LogP contribution is -2.23. The van der Waals surface area contributed by atoms with Gasteiger partial charge < -0.3 is 10.6 Å². The molecule has 3 aromatic rings. The van der Waals surface area contributed by atoms with Crippen LogP contribution < -0.4 is 10.6 Å². The Kier molecular flexibility index (Phi) is 5.76. The van der Waals surface area contributed by atoms with Gasteiger partial charge in [-0.25, -0.2) is 0 Å². The smallest absolute Gasteiger partial charge is 0.255 e. The lowest BCUT2D eigenvalue weighted by atomic mass is 10.1. The van der Waals surface area contributed by atoms with Crippen molar-refractivity contribution in [2.75, 3.05) is 5.32 Å². The number of aromatic nitrogens is 1. The van der Waals surface area contributed by atoms with Crippen LogP contribution in [0.15, 0.2) is 77.5 Å². The van der Waals surface area contributed by atoms with E-state index in [4.69, 9.17) is 0 Å². The van der Waals surface area contributed by atoms with E-state index in [2.05, 4.69) is 31.5 Å². The van der Waals surface area contributed by atoms with E-state index in [9.17, 15) is 9.59 Å². The summed E-state index contributed by atoms with van der Waals surface area (Å²) in [6.07, 6.45) is 3.14. The van der Waals surface area contributed by atoms with Crippen molar-refractivity contribution < 1.29 is 9.59 Å². The van der Waals surface area contributed by atoms with Crippen LogP contribution in [0.2, 0.25) is 0 Å². The van der Waals surface area contributed by atoms with E-state index in [-0.39, 0.29) is 11.8 Å². The number of nitrogens with zero attached hydrogens (tertiary/aromatic N) is 1. The molecule has 26 heavy (non-hydrogen) atoms. The second-order valence-electron chi connectivity index (χ2n) is 5.59. The Balaban J connectivity index is 1.63. The average molecular weight is 410 g/mol. The standard InChI is InChI=1S/C20H16BrN3O2/c21-17-7-2-5-15(11-17)20(26)24-18-8-1-4-14(10-18)12-23-19(25)16-6-3-9-22-13-16/h1-11,13H,12H2,(H,23,25)(H,24,26). The van der Waals surface area contributed by atoms with Crippen molar-refractivity contribution in [3.05, 3.63) is 94.2 Å². The molecule has 0 saturated heterocycles. The molecule has 0 unspecified atom stereocenters. The molecule has 0 aliphatic rings. The van der Waals surface area contributed by atoms with E-state index in [1.165, 1.54) is 6.20 Å². The fourth-order valence-corrected chi connectivity index (χ4v) is 2.77. The maximum Gasteiger partial charge on any atom is 0.255 e. The number of rotatable bonds is 5. The SMILES string of the molecule is O=C(NCc1cccc(NC(=O)c2cccc(Br)c2)c1)c1cccnc1. The molecule has 2 N–H and O–H groups in total. The first-order valence-corrected chi connectivity index (χ1v) is 8.75. The summed E-state index contributed by atoms with van der Waals surface area (Å²) in [6, 6.07) is 18.0. The molecule has 3 rings (SSSR count). The molecular weight excluding hydrogens is 394 g/mol. The van der Waals surface area contributed by atoms with Crippen LogP contribution in [0.25, 0.3) is 0 Å². The van der Waals surface area contributed by atoms with Gasteiger partial charge in [-0.05, 0) is 48.0 Å². The van der Waals surface area contributed by atoms with Crippen LogP contribution >= 0.6 is 15.9 Å². The maximum absolute atomic E-state index is 12.3. The van der Waals surface area contributed by atoms with Crippen LogP contribution in [-0.4, -0.2) is 16.8 Å². The normalized spacial score (nSPS) is 10.2. The van der Waals surface area contributed by atoms with Crippen molar-refractivity contribution in [1.29, 1.82) is 0 Å². The van der Waals surface area contributed by atoms with Crippen LogP contribution in [-0.2, 0) is 6.54 Å². The van der Waals surface area contributed by atoms with E-state index < -0.39 is 0 Å². The highest BCUT2D eigenvalue weighted by atomic mass is 79.9. The van der Waals surface area contributed by atoms with Crippen molar-refractivity contribution in [2.24, 2.45) is 0 Å². The molecule has 130 valence electrons. The minimum atomic E-state index is -0.193. The highest BCUT2D eigenvalue weighted by molar-refractivity contribution is 9.10. The fourth-order valence-electron chi connectivity index (χ4n) is 2.37. The number of amides is 2. The first-order chi connectivity index (χ1) is 12.6. The van der Waals surface area contributed by atoms with Gasteiger partial charge in [0.15, 0.2) is 0 Å². The highest BCUT2D eigenvalue weighted by Gasteiger charge is 2.08. The highest BCUT2D eigenvalue weighted by Crippen LogP contribution is 2.15. The lowest BCUT2D eigenvalue weighted by molar-refractivity contribution is 0.0949. The van der Waals surface area contributed by atoms with Crippen molar-refractivity contribution >= 4 is 33.4 Å². The van der Waals surface area contributed by atoms with Gasteiger partial charge in [0.1, 0.15) is 0 Å². The molecule has 0 saturated carbocycles. The molecule has 0 radical (unpaired) electrons. The molecule has 2 aromatic carbocycles. The van der Waals surface area contributed by atoms with E-state index in [1.54, 1.807) is 30.5 Å². The first kappa shape index (κ1) is 17.8. The summed E-state index contributed by atoms with van der Waals surface area (Å²) in [7, 11) is 0. The maximum atomic E-state index is 12.3. The number of nitrogens with one attached hydrogen (secondary N) is 2. The van der Waals surface area contributed by atoms with Crippen LogP contribution in [0.3, 0.4) is 0 Å². The monoisotopic (exact) mass is 409 g/mol. The summed E-state index contributed by atoms with van der Waals surface area (Å²) < 4.78 is 0.844. The van der Waals surface area contributed by atoms with Gasteiger partial charge in [0, 0.05) is 34.7 Å². The van der Waals surface area contributed by atoms with Gasteiger partial charge in [0.2, 0.25) is 0 Å². The predicted octanol–water partition coefficient (Wildman–Crippen LogP) is 4.03. The molecule has 0 fully saturated rings. The van der Waals surface area contributed by atoms with Gasteiger partial charge >= 0.3 is 0 Å². The number of carbonyl (C=O) groups excluding carboxylic acids is 2. The van der Waals surface area contributed by atoms with Gasteiger partial charge in [0.25, 0.3) is 11.8 Å². The molecule has 0 bridgehead atoms. The van der Waals surface area contributed by atoms with Gasteiger partial charge in [-0.2, -0.15) is 0 Å². The van der Waals surface area contributed by atoms with Crippen LogP contribution in [0.5, 0.6) is 0 Å². The third-order valence-electron chi connectivity index (χ3n) is 3.65. The Labute approximate surface area is 159 Å². The molecule has 0 aliphatic heterocycles. The Hall–Kier alpha value is -2.99. The van der Waals surface area contributed by atoms with Gasteiger partial charge in [-0.1, -0.05) is 34.1 Å². The van der Waals surface area contributed by atoms with Gasteiger partial charge in [0.05, 0.1) is 5.56 Å². The molecule has 0 spiro atoms. The van der Waals surface area contributed by atoms with Crippen LogP contribution in [0.4, 0.5) is 5.69 Å². The molecular formula is C20H16BrN3O2. The third-order valence-corrected chi connectivity index (χ3v) is 4.14. The summed E-state index contributed by atoms with van der Waals surface area (Å²) in [5, 5.41) is 5.70. The third kappa shape index (κ3) is 4.77. The summed E-state index contributed by atoms with van der Waals surface area (Å²) >= 11 is 3.36. The molecule has 1 aromatic heterocycles. The Morgan fingerprint density at radius 2 is 1.73 bits per heavy atom. The number of carbonyl (C=O) groups is 2. The summed E-state index contributed by atoms with van der Waals surface area (Å²) in [6.45, 7) is 0.355. The van der Waals surface area contributed by atoms with Crippen molar-refractivity contribution in [1.82, 2.24) is 10.3 Å². The predicted molar refractivity (Wildman–Crippen MR) is 104 cm³/mol. The molecule has 0 aliphatic carbocycles. The van der Waals surface area contributed by atoms with Gasteiger partial charge in [-0.15, -0.1) is 0 Å². The Bertz CT molecular complexity index is 929. The van der Waals surface area contributed by atoms with Crippen LogP contribution in [0, 0.1) is 0 Å². The molecule has 2 amide bonds. The summed E-state index contributed by atoms with van der Waals surface area (Å²) in [5.74, 6) is -0.385. The largest absolute Gasteiger partial charge is 0.348 e. The number of halogens is 1. The number of hydrogen-bond acceptors (Lipinski definition) is 3. The van der Waals surface area contributed by atoms with Crippen LogP contribution in [0.1, 0.15) is 26.3 Å². The van der Waals surface area contributed by atoms with Crippen molar-refractivity contribution in [3.63, 3.8) is 0 Å². The molecule has 0 atom stereocenters. The Morgan fingerprint density at radius 1 is 0.923 bits per heavy atom. The lowest BCUT2D eigenvalue weighted by Gasteiger charge is -2.09. The fraction of sp³-hybridized carbons (Fsp3) is 0.0500. The zero-order valence-electron chi connectivity index (χ0n) is 13.8. The summed E-state index contributed by atoms with van der Waals surface area (Å²) in [4.78, 5) is 28.3. The zero-order valence-corrected chi connectivity index (χ0v) is 15.4.